The lowest BCUT2D eigenvalue weighted by Crippen LogP contribution is -2.61. The predicted molar refractivity (Wildman–Crippen MR) is 67.6 cm³/mol. The van der Waals surface area contributed by atoms with Crippen LogP contribution in [0.5, 0.6) is 0 Å². The zero-order valence-corrected chi connectivity index (χ0v) is 11.5. The van der Waals surface area contributed by atoms with Crippen LogP contribution in [0.1, 0.15) is 53.4 Å². The first-order valence-corrected chi connectivity index (χ1v) is 6.66. The molecule has 2 fully saturated rings. The molecule has 0 unspecified atom stereocenters. The molecule has 98 valence electrons. The van der Waals surface area contributed by atoms with Crippen LogP contribution in [0, 0.1) is 10.8 Å². The van der Waals surface area contributed by atoms with Crippen molar-refractivity contribution in [2.45, 2.75) is 59.0 Å². The molecule has 2 rings (SSSR count). The fourth-order valence-electron chi connectivity index (χ4n) is 3.25. The van der Waals surface area contributed by atoms with Gasteiger partial charge in [-0.2, -0.15) is 0 Å². The van der Waals surface area contributed by atoms with E-state index in [1.807, 2.05) is 4.90 Å². The van der Waals surface area contributed by atoms with Gasteiger partial charge < -0.3 is 10.0 Å². The van der Waals surface area contributed by atoms with Crippen LogP contribution in [0.2, 0.25) is 0 Å². The maximum absolute atomic E-state index is 11.2. The average molecular weight is 239 g/mol. The molecular formula is C14H25NO2. The summed E-state index contributed by atoms with van der Waals surface area (Å²) in [5.41, 5.74) is -0.239. The lowest BCUT2D eigenvalue weighted by Gasteiger charge is -2.56. The van der Waals surface area contributed by atoms with Crippen LogP contribution in [0.4, 0.5) is 0 Å². The molecule has 0 aromatic heterocycles. The summed E-state index contributed by atoms with van der Waals surface area (Å²) < 4.78 is 0. The Morgan fingerprint density at radius 2 is 1.59 bits per heavy atom. The first kappa shape index (κ1) is 12.9. The van der Waals surface area contributed by atoms with Gasteiger partial charge in [0.1, 0.15) is 0 Å². The molecule has 3 nitrogen and oxygen atoms in total. The van der Waals surface area contributed by atoms with Gasteiger partial charge in [-0.3, -0.25) is 4.79 Å². The van der Waals surface area contributed by atoms with Crippen LogP contribution in [0.3, 0.4) is 0 Å². The fraction of sp³-hybridized carbons (Fsp3) is 0.929. The van der Waals surface area contributed by atoms with Crippen molar-refractivity contribution in [3.63, 3.8) is 0 Å². The van der Waals surface area contributed by atoms with Crippen molar-refractivity contribution in [2.24, 2.45) is 10.8 Å². The molecule has 1 N–H and O–H groups in total. The third-order valence-corrected chi connectivity index (χ3v) is 5.03. The van der Waals surface area contributed by atoms with E-state index < -0.39 is 5.60 Å². The summed E-state index contributed by atoms with van der Waals surface area (Å²) >= 11 is 0. The number of likely N-dealkylation sites (tertiary alicyclic amines) is 1. The number of nitrogens with zero attached hydrogens (tertiary/aromatic N) is 1. The Bertz CT molecular complexity index is 314. The van der Waals surface area contributed by atoms with Crippen LogP contribution in [-0.2, 0) is 4.79 Å². The Hall–Kier alpha value is -0.570. The molecule has 1 heterocycles. The Morgan fingerprint density at radius 1 is 1.12 bits per heavy atom. The molecule has 1 amide bonds. The molecule has 2 aliphatic rings. The van der Waals surface area contributed by atoms with Gasteiger partial charge in [0.2, 0.25) is 5.91 Å². The van der Waals surface area contributed by atoms with Gasteiger partial charge in [-0.25, -0.2) is 0 Å². The minimum absolute atomic E-state index is 0.0430. The Morgan fingerprint density at radius 3 is 1.94 bits per heavy atom. The second kappa shape index (κ2) is 3.71. The number of hydrogen-bond donors (Lipinski definition) is 1. The van der Waals surface area contributed by atoms with Gasteiger partial charge in [0.05, 0.1) is 5.60 Å². The Labute approximate surface area is 104 Å². The third kappa shape index (κ3) is 2.10. The van der Waals surface area contributed by atoms with Crippen molar-refractivity contribution in [1.29, 1.82) is 0 Å². The predicted octanol–water partition coefficient (Wildman–Crippen LogP) is 2.19. The zero-order valence-electron chi connectivity index (χ0n) is 11.5. The van der Waals surface area contributed by atoms with Crippen LogP contribution in [0.25, 0.3) is 0 Å². The van der Waals surface area contributed by atoms with E-state index in [-0.39, 0.29) is 11.3 Å². The topological polar surface area (TPSA) is 40.5 Å². The van der Waals surface area contributed by atoms with Crippen LogP contribution in [0.15, 0.2) is 0 Å². The van der Waals surface area contributed by atoms with E-state index in [4.69, 9.17) is 0 Å². The summed E-state index contributed by atoms with van der Waals surface area (Å²) in [7, 11) is 0. The molecule has 1 saturated heterocycles. The Kier molecular flexibility index (Phi) is 2.81. The molecule has 1 aliphatic heterocycles. The standard InChI is InChI=1S/C14H25NO2/c1-11(16)15-9-13(10-15)5-7-14(17,8-6-13)12(2,3)4/h17H,5-10H2,1-4H3. The number of rotatable bonds is 0. The highest BCUT2D eigenvalue weighted by atomic mass is 16.3. The number of carbonyl (C=O) groups is 1. The van der Waals surface area contributed by atoms with Gasteiger partial charge in [0.15, 0.2) is 0 Å². The van der Waals surface area contributed by atoms with E-state index in [1.54, 1.807) is 6.92 Å². The molecule has 0 aromatic rings. The number of carbonyl (C=O) groups excluding carboxylic acids is 1. The van der Waals surface area contributed by atoms with Gasteiger partial charge in [0, 0.05) is 25.4 Å². The van der Waals surface area contributed by atoms with E-state index in [0.29, 0.717) is 5.41 Å². The van der Waals surface area contributed by atoms with E-state index in [2.05, 4.69) is 20.8 Å². The lowest BCUT2D eigenvalue weighted by molar-refractivity contribution is -0.157. The van der Waals surface area contributed by atoms with Crippen LogP contribution >= 0.6 is 0 Å². The van der Waals surface area contributed by atoms with Crippen molar-refractivity contribution in [3.05, 3.63) is 0 Å². The minimum atomic E-state index is -0.519. The summed E-state index contributed by atoms with van der Waals surface area (Å²) in [4.78, 5) is 13.1. The number of aliphatic hydroxyl groups is 1. The van der Waals surface area contributed by atoms with Crippen LogP contribution in [-0.4, -0.2) is 34.6 Å². The minimum Gasteiger partial charge on any atom is -0.389 e. The summed E-state index contributed by atoms with van der Waals surface area (Å²) in [6.45, 7) is 9.81. The van der Waals surface area contributed by atoms with Gasteiger partial charge >= 0.3 is 0 Å². The summed E-state index contributed by atoms with van der Waals surface area (Å²) in [5.74, 6) is 0.187. The van der Waals surface area contributed by atoms with Crippen molar-refractivity contribution >= 4 is 5.91 Å². The number of amides is 1. The normalized spacial score (nSPS) is 26.8. The molecule has 0 bridgehead atoms. The second-order valence-electron chi connectivity index (χ2n) is 7.16. The van der Waals surface area contributed by atoms with Gasteiger partial charge in [-0.15, -0.1) is 0 Å². The monoisotopic (exact) mass is 239 g/mol. The fourth-order valence-corrected chi connectivity index (χ4v) is 3.25. The molecule has 1 spiro atoms. The first-order valence-electron chi connectivity index (χ1n) is 6.66. The van der Waals surface area contributed by atoms with Crippen LogP contribution < -0.4 is 0 Å². The van der Waals surface area contributed by atoms with Crippen molar-refractivity contribution in [2.75, 3.05) is 13.1 Å². The third-order valence-electron chi connectivity index (χ3n) is 5.03. The van der Waals surface area contributed by atoms with Crippen molar-refractivity contribution in [1.82, 2.24) is 4.90 Å². The number of hydrogen-bond acceptors (Lipinski definition) is 2. The van der Waals surface area contributed by atoms with Gasteiger partial charge in [-0.05, 0) is 31.1 Å². The molecule has 3 heteroatoms. The highest BCUT2D eigenvalue weighted by molar-refractivity contribution is 5.74. The molecule has 0 aromatic carbocycles. The highest BCUT2D eigenvalue weighted by Gasteiger charge is 2.52. The molecule has 17 heavy (non-hydrogen) atoms. The maximum Gasteiger partial charge on any atom is 0.219 e. The quantitative estimate of drug-likeness (QED) is 0.704. The smallest absolute Gasteiger partial charge is 0.219 e. The van der Waals surface area contributed by atoms with Crippen molar-refractivity contribution in [3.8, 4) is 0 Å². The van der Waals surface area contributed by atoms with E-state index >= 15 is 0 Å². The van der Waals surface area contributed by atoms with Crippen molar-refractivity contribution < 1.29 is 9.90 Å². The molecule has 0 radical (unpaired) electrons. The SMILES string of the molecule is CC(=O)N1CC2(CCC(O)(C(C)(C)C)CC2)C1. The molecular weight excluding hydrogens is 214 g/mol. The summed E-state index contributed by atoms with van der Waals surface area (Å²) in [5, 5.41) is 10.7. The summed E-state index contributed by atoms with van der Waals surface area (Å²) in [6.07, 6.45) is 3.87. The second-order valence-corrected chi connectivity index (χ2v) is 7.16. The largest absolute Gasteiger partial charge is 0.389 e. The van der Waals surface area contributed by atoms with E-state index in [0.717, 1.165) is 38.8 Å². The maximum atomic E-state index is 11.2. The summed E-state index contributed by atoms with van der Waals surface area (Å²) in [6, 6.07) is 0. The van der Waals surface area contributed by atoms with Gasteiger partial charge in [0.25, 0.3) is 0 Å². The van der Waals surface area contributed by atoms with Gasteiger partial charge in [-0.1, -0.05) is 20.8 Å². The first-order chi connectivity index (χ1) is 7.68. The molecule has 1 aliphatic carbocycles. The molecule has 1 saturated carbocycles. The lowest BCUT2D eigenvalue weighted by atomic mass is 9.59. The highest BCUT2D eigenvalue weighted by Crippen LogP contribution is 2.51. The zero-order chi connectivity index (χ0) is 12.9. The Balaban J connectivity index is 1.94. The van der Waals surface area contributed by atoms with E-state index in [9.17, 15) is 9.90 Å². The van der Waals surface area contributed by atoms with E-state index in [1.165, 1.54) is 0 Å². The average Bonchev–Trinajstić information content (AvgIpc) is 2.13. The molecule has 0 atom stereocenters.